The van der Waals surface area contributed by atoms with Crippen LogP contribution in [0.3, 0.4) is 0 Å². The van der Waals surface area contributed by atoms with Crippen LogP contribution >= 0.6 is 23.1 Å². The number of rotatable bonds is 3. The van der Waals surface area contributed by atoms with Crippen LogP contribution in [0.2, 0.25) is 0 Å². The van der Waals surface area contributed by atoms with Crippen LogP contribution in [-0.4, -0.2) is 58.2 Å². The number of carbonyl (C=O) groups excluding carboxylic acids is 1. The number of hydrogen-bond acceptors (Lipinski definition) is 7. The molecule has 1 amide bonds. The van der Waals surface area contributed by atoms with Gasteiger partial charge in [-0.3, -0.25) is 4.79 Å². The fourth-order valence-electron chi connectivity index (χ4n) is 2.76. The fraction of sp³-hybridized carbons (Fsp3) is 0.571. The first-order chi connectivity index (χ1) is 10.6. The lowest BCUT2D eigenvalue weighted by molar-refractivity contribution is -0.129. The van der Waals surface area contributed by atoms with Crippen LogP contribution in [-0.2, 0) is 4.79 Å². The number of nitrogens with zero attached hydrogens (tertiary/aromatic N) is 5. The average molecular weight is 337 g/mol. The van der Waals surface area contributed by atoms with E-state index in [2.05, 4.69) is 19.9 Å². The molecule has 8 heteroatoms. The molecule has 2 aromatic rings. The zero-order chi connectivity index (χ0) is 15.7. The van der Waals surface area contributed by atoms with Gasteiger partial charge in [-0.2, -0.15) is 0 Å². The topological polar surface area (TPSA) is 62.2 Å². The number of aromatic nitrogens is 3. The van der Waals surface area contributed by atoms with Crippen LogP contribution in [0, 0.1) is 0 Å². The molecule has 0 unspecified atom stereocenters. The highest BCUT2D eigenvalue weighted by Crippen LogP contribution is 2.33. The van der Waals surface area contributed by atoms with E-state index in [1.54, 1.807) is 36.3 Å². The molecule has 1 aliphatic heterocycles. The normalized spacial score (nSPS) is 16.2. The van der Waals surface area contributed by atoms with Gasteiger partial charge in [0, 0.05) is 33.1 Å². The highest BCUT2D eigenvalue weighted by atomic mass is 32.2. The van der Waals surface area contributed by atoms with E-state index in [4.69, 9.17) is 0 Å². The first-order valence-corrected chi connectivity index (χ1v) is 9.28. The van der Waals surface area contributed by atoms with Gasteiger partial charge in [-0.15, -0.1) is 11.3 Å². The highest BCUT2D eigenvalue weighted by molar-refractivity contribution is 8.00. The standard InChI is InChI=1S/C14H19N5OS2/c1-9(20)18(2)10-4-6-19(7-5-10)13-11-12(15-8-16-13)17-14(21-3)22-11/h8,10H,4-7H2,1-3H3. The van der Waals surface area contributed by atoms with E-state index >= 15 is 0 Å². The number of amides is 1. The van der Waals surface area contributed by atoms with E-state index in [1.807, 2.05) is 18.2 Å². The van der Waals surface area contributed by atoms with Crippen LogP contribution in [0.1, 0.15) is 19.8 Å². The first kappa shape index (κ1) is 15.5. The lowest BCUT2D eigenvalue weighted by Crippen LogP contribution is -2.45. The number of hydrogen-bond donors (Lipinski definition) is 0. The Morgan fingerprint density at radius 2 is 2.14 bits per heavy atom. The molecule has 118 valence electrons. The molecule has 2 aromatic heterocycles. The highest BCUT2D eigenvalue weighted by Gasteiger charge is 2.26. The number of fused-ring (bicyclic) bond motifs is 1. The molecule has 0 spiro atoms. The number of thioether (sulfide) groups is 1. The van der Waals surface area contributed by atoms with Crippen molar-refractivity contribution >= 4 is 45.2 Å². The monoisotopic (exact) mass is 337 g/mol. The minimum Gasteiger partial charge on any atom is -0.355 e. The molecule has 1 saturated heterocycles. The van der Waals surface area contributed by atoms with Crippen molar-refractivity contribution in [1.82, 2.24) is 19.9 Å². The van der Waals surface area contributed by atoms with E-state index in [0.717, 1.165) is 46.4 Å². The van der Waals surface area contributed by atoms with Gasteiger partial charge in [0.25, 0.3) is 0 Å². The maximum atomic E-state index is 11.5. The summed E-state index contributed by atoms with van der Waals surface area (Å²) in [5.41, 5.74) is 0.780. The van der Waals surface area contributed by atoms with Crippen molar-refractivity contribution in [3.63, 3.8) is 0 Å². The summed E-state index contributed by atoms with van der Waals surface area (Å²) in [7, 11) is 1.89. The molecule has 0 aliphatic carbocycles. The molecule has 3 heterocycles. The van der Waals surface area contributed by atoms with E-state index in [1.165, 1.54) is 0 Å². The lowest BCUT2D eigenvalue weighted by Gasteiger charge is -2.36. The molecule has 0 atom stereocenters. The maximum absolute atomic E-state index is 11.5. The third-order valence-electron chi connectivity index (χ3n) is 4.14. The van der Waals surface area contributed by atoms with E-state index < -0.39 is 0 Å². The van der Waals surface area contributed by atoms with E-state index in [-0.39, 0.29) is 5.91 Å². The quantitative estimate of drug-likeness (QED) is 0.801. The van der Waals surface area contributed by atoms with Crippen LogP contribution in [0.5, 0.6) is 0 Å². The zero-order valence-electron chi connectivity index (χ0n) is 12.9. The Kier molecular flexibility index (Phi) is 4.49. The van der Waals surface area contributed by atoms with Crippen molar-refractivity contribution in [2.24, 2.45) is 0 Å². The molecular weight excluding hydrogens is 318 g/mol. The van der Waals surface area contributed by atoms with Crippen molar-refractivity contribution in [2.45, 2.75) is 30.1 Å². The Balaban J connectivity index is 1.79. The molecule has 6 nitrogen and oxygen atoms in total. The summed E-state index contributed by atoms with van der Waals surface area (Å²) in [5.74, 6) is 1.11. The van der Waals surface area contributed by atoms with E-state index in [0.29, 0.717) is 6.04 Å². The number of piperidine rings is 1. The average Bonchev–Trinajstić information content (AvgIpc) is 2.97. The number of thiazole rings is 1. The molecule has 0 bridgehead atoms. The Morgan fingerprint density at radius 1 is 1.41 bits per heavy atom. The Morgan fingerprint density at radius 3 is 2.77 bits per heavy atom. The molecule has 0 radical (unpaired) electrons. The summed E-state index contributed by atoms with van der Waals surface area (Å²) in [6.07, 6.45) is 5.55. The second kappa shape index (κ2) is 6.37. The molecule has 0 saturated carbocycles. The van der Waals surface area contributed by atoms with E-state index in [9.17, 15) is 4.79 Å². The zero-order valence-corrected chi connectivity index (χ0v) is 14.6. The summed E-state index contributed by atoms with van der Waals surface area (Å²) in [4.78, 5) is 28.9. The van der Waals surface area contributed by atoms with Crippen LogP contribution < -0.4 is 4.90 Å². The third-order valence-corrected chi connectivity index (χ3v) is 6.16. The first-order valence-electron chi connectivity index (χ1n) is 7.24. The van der Waals surface area contributed by atoms with Gasteiger partial charge in [0.15, 0.2) is 15.8 Å². The smallest absolute Gasteiger partial charge is 0.219 e. The molecular formula is C14H19N5OS2. The summed E-state index contributed by atoms with van der Waals surface area (Å²) in [6, 6.07) is 0.328. The molecule has 0 N–H and O–H groups in total. The van der Waals surface area contributed by atoms with Crippen LogP contribution in [0.25, 0.3) is 10.3 Å². The van der Waals surface area contributed by atoms with Gasteiger partial charge in [-0.25, -0.2) is 15.0 Å². The van der Waals surface area contributed by atoms with Gasteiger partial charge < -0.3 is 9.80 Å². The van der Waals surface area contributed by atoms with Crippen LogP contribution in [0.4, 0.5) is 5.82 Å². The maximum Gasteiger partial charge on any atom is 0.219 e. The molecule has 0 aromatic carbocycles. The van der Waals surface area contributed by atoms with Crippen molar-refractivity contribution in [3.05, 3.63) is 6.33 Å². The SMILES string of the molecule is CSc1nc2ncnc(N3CCC(N(C)C(C)=O)CC3)c2s1. The number of anilines is 1. The summed E-state index contributed by atoms with van der Waals surface area (Å²) >= 11 is 3.28. The Hall–Kier alpha value is -1.41. The minimum atomic E-state index is 0.134. The van der Waals surface area contributed by atoms with Crippen molar-refractivity contribution in [2.75, 3.05) is 31.3 Å². The Bertz CT molecular complexity index is 681. The second-order valence-electron chi connectivity index (χ2n) is 5.38. The lowest BCUT2D eigenvalue weighted by atomic mass is 10.0. The van der Waals surface area contributed by atoms with Gasteiger partial charge >= 0.3 is 0 Å². The predicted octanol–water partition coefficient (Wildman–Crippen LogP) is 2.26. The molecule has 3 rings (SSSR count). The predicted molar refractivity (Wildman–Crippen MR) is 90.7 cm³/mol. The molecule has 1 aliphatic rings. The fourth-order valence-corrected chi connectivity index (χ4v) is 4.29. The van der Waals surface area contributed by atoms with Gasteiger partial charge in [-0.1, -0.05) is 11.8 Å². The van der Waals surface area contributed by atoms with Gasteiger partial charge in [0.2, 0.25) is 5.91 Å². The number of carbonyl (C=O) groups is 1. The van der Waals surface area contributed by atoms with Crippen molar-refractivity contribution in [1.29, 1.82) is 0 Å². The minimum absolute atomic E-state index is 0.134. The van der Waals surface area contributed by atoms with Crippen LogP contribution in [0.15, 0.2) is 10.7 Å². The van der Waals surface area contributed by atoms with Gasteiger partial charge in [-0.05, 0) is 19.1 Å². The van der Waals surface area contributed by atoms with Crippen molar-refractivity contribution < 1.29 is 4.79 Å². The summed E-state index contributed by atoms with van der Waals surface area (Å²) < 4.78 is 2.08. The summed E-state index contributed by atoms with van der Waals surface area (Å²) in [5, 5.41) is 0. The van der Waals surface area contributed by atoms with Crippen molar-refractivity contribution in [3.8, 4) is 0 Å². The third kappa shape index (κ3) is 2.89. The van der Waals surface area contributed by atoms with Gasteiger partial charge in [0.05, 0.1) is 0 Å². The molecule has 22 heavy (non-hydrogen) atoms. The second-order valence-corrected chi connectivity index (χ2v) is 7.43. The summed E-state index contributed by atoms with van der Waals surface area (Å²) in [6.45, 7) is 3.43. The Labute approximate surface area is 137 Å². The molecule has 1 fully saturated rings. The largest absolute Gasteiger partial charge is 0.355 e. The van der Waals surface area contributed by atoms with Gasteiger partial charge in [0.1, 0.15) is 11.0 Å².